The number of carbonyl (C=O) groups is 1. The van der Waals surface area contributed by atoms with Crippen LogP contribution in [-0.2, 0) is 9.53 Å². The lowest BCUT2D eigenvalue weighted by molar-refractivity contribution is -0.151. The van der Waals surface area contributed by atoms with E-state index >= 15 is 0 Å². The molecule has 3 heteroatoms. The number of nitrogens with one attached hydrogen (secondary N) is 1. The van der Waals surface area contributed by atoms with E-state index in [1.807, 2.05) is 20.8 Å². The molecule has 0 aromatic rings. The van der Waals surface area contributed by atoms with E-state index in [0.29, 0.717) is 0 Å². The molecule has 0 aliphatic heterocycles. The predicted molar refractivity (Wildman–Crippen MR) is 56.0 cm³/mol. The first kappa shape index (κ1) is 11.5. The molecular formula is C11H21NO2. The van der Waals surface area contributed by atoms with Gasteiger partial charge in [0.15, 0.2) is 0 Å². The molecule has 1 atom stereocenters. The Morgan fingerprint density at radius 3 is 2.29 bits per heavy atom. The van der Waals surface area contributed by atoms with E-state index in [-0.39, 0.29) is 17.4 Å². The van der Waals surface area contributed by atoms with Crippen molar-refractivity contribution in [2.75, 3.05) is 7.11 Å². The van der Waals surface area contributed by atoms with E-state index < -0.39 is 5.54 Å². The summed E-state index contributed by atoms with van der Waals surface area (Å²) in [6.45, 7) is 8.19. The Hall–Kier alpha value is -0.570. The molecule has 1 aliphatic carbocycles. The van der Waals surface area contributed by atoms with Gasteiger partial charge in [0.1, 0.15) is 5.54 Å². The summed E-state index contributed by atoms with van der Waals surface area (Å²) >= 11 is 0. The summed E-state index contributed by atoms with van der Waals surface area (Å²) in [6.07, 6.45) is 2.19. The van der Waals surface area contributed by atoms with Crippen LogP contribution < -0.4 is 5.32 Å². The SMILES string of the molecule is COC(=O)C(C)(NC(C)C)C1(C)CC1. The molecule has 0 aromatic heterocycles. The number of carbonyl (C=O) groups excluding carboxylic acids is 1. The lowest BCUT2D eigenvalue weighted by atomic mass is 9.83. The minimum atomic E-state index is -0.532. The van der Waals surface area contributed by atoms with Crippen molar-refractivity contribution >= 4 is 5.97 Å². The molecule has 0 amide bonds. The van der Waals surface area contributed by atoms with Crippen molar-refractivity contribution in [3.63, 3.8) is 0 Å². The van der Waals surface area contributed by atoms with Crippen molar-refractivity contribution in [3.8, 4) is 0 Å². The molecule has 1 rings (SSSR count). The molecule has 1 fully saturated rings. The number of methoxy groups -OCH3 is 1. The fourth-order valence-corrected chi connectivity index (χ4v) is 1.95. The zero-order valence-electron chi connectivity index (χ0n) is 9.81. The van der Waals surface area contributed by atoms with Gasteiger partial charge >= 0.3 is 5.97 Å². The quantitative estimate of drug-likeness (QED) is 0.701. The van der Waals surface area contributed by atoms with Gasteiger partial charge in [-0.2, -0.15) is 0 Å². The lowest BCUT2D eigenvalue weighted by Gasteiger charge is -2.36. The van der Waals surface area contributed by atoms with Gasteiger partial charge in [-0.3, -0.25) is 10.1 Å². The molecule has 0 bridgehead atoms. The highest BCUT2D eigenvalue weighted by atomic mass is 16.5. The Morgan fingerprint density at radius 2 is 2.00 bits per heavy atom. The smallest absolute Gasteiger partial charge is 0.326 e. The van der Waals surface area contributed by atoms with E-state index in [4.69, 9.17) is 4.74 Å². The van der Waals surface area contributed by atoms with Gasteiger partial charge < -0.3 is 4.74 Å². The van der Waals surface area contributed by atoms with Crippen LogP contribution in [0.5, 0.6) is 0 Å². The zero-order chi connectivity index (χ0) is 11.0. The number of hydrogen-bond donors (Lipinski definition) is 1. The molecule has 0 heterocycles. The minimum absolute atomic E-state index is 0.0738. The fraction of sp³-hybridized carbons (Fsp3) is 0.909. The standard InChI is InChI=1S/C11H21NO2/c1-8(2)12-11(4,9(13)14-5)10(3)6-7-10/h8,12H,6-7H2,1-5H3. The Labute approximate surface area is 86.2 Å². The van der Waals surface area contributed by atoms with E-state index in [9.17, 15) is 4.79 Å². The van der Waals surface area contributed by atoms with E-state index in [2.05, 4.69) is 12.2 Å². The van der Waals surface area contributed by atoms with Crippen LogP contribution in [0.3, 0.4) is 0 Å². The summed E-state index contributed by atoms with van der Waals surface area (Å²) in [5.74, 6) is -0.147. The maximum absolute atomic E-state index is 11.8. The van der Waals surface area contributed by atoms with Gasteiger partial charge in [-0.25, -0.2) is 0 Å². The highest BCUT2D eigenvalue weighted by molar-refractivity contribution is 5.82. The second kappa shape index (κ2) is 3.54. The number of rotatable bonds is 4. The van der Waals surface area contributed by atoms with Crippen molar-refractivity contribution in [2.24, 2.45) is 5.41 Å². The van der Waals surface area contributed by atoms with Crippen LogP contribution in [0.15, 0.2) is 0 Å². The Morgan fingerprint density at radius 1 is 1.50 bits per heavy atom. The van der Waals surface area contributed by atoms with Crippen molar-refractivity contribution in [1.82, 2.24) is 5.32 Å². The number of ether oxygens (including phenoxy) is 1. The largest absolute Gasteiger partial charge is 0.468 e. The van der Waals surface area contributed by atoms with Crippen LogP contribution in [0.2, 0.25) is 0 Å². The van der Waals surface area contributed by atoms with Crippen LogP contribution in [-0.4, -0.2) is 24.7 Å². The molecule has 0 spiro atoms. The second-order valence-electron chi connectivity index (χ2n) is 4.98. The molecule has 1 aliphatic rings. The van der Waals surface area contributed by atoms with Gasteiger partial charge in [0, 0.05) is 6.04 Å². The van der Waals surface area contributed by atoms with Crippen LogP contribution in [0, 0.1) is 5.41 Å². The zero-order valence-corrected chi connectivity index (χ0v) is 9.81. The van der Waals surface area contributed by atoms with Gasteiger partial charge in [0.05, 0.1) is 7.11 Å². The molecule has 1 saturated carbocycles. The summed E-state index contributed by atoms with van der Waals surface area (Å²) in [6, 6.07) is 0.288. The third-order valence-corrected chi connectivity index (χ3v) is 3.38. The molecule has 0 radical (unpaired) electrons. The second-order valence-corrected chi connectivity index (χ2v) is 4.98. The van der Waals surface area contributed by atoms with Crippen molar-refractivity contribution in [1.29, 1.82) is 0 Å². The molecule has 1 N–H and O–H groups in total. The summed E-state index contributed by atoms with van der Waals surface area (Å²) in [7, 11) is 1.45. The maximum Gasteiger partial charge on any atom is 0.326 e. The first-order chi connectivity index (χ1) is 6.35. The number of esters is 1. The van der Waals surface area contributed by atoms with E-state index in [1.165, 1.54) is 7.11 Å². The Kier molecular flexibility index (Phi) is 2.91. The van der Waals surface area contributed by atoms with Crippen LogP contribution in [0.4, 0.5) is 0 Å². The fourth-order valence-electron chi connectivity index (χ4n) is 1.95. The maximum atomic E-state index is 11.8. The predicted octanol–water partition coefficient (Wildman–Crippen LogP) is 1.72. The van der Waals surface area contributed by atoms with Gasteiger partial charge in [-0.05, 0) is 39.0 Å². The van der Waals surface area contributed by atoms with Crippen LogP contribution in [0.25, 0.3) is 0 Å². The average Bonchev–Trinajstić information content (AvgIpc) is 2.82. The monoisotopic (exact) mass is 199 g/mol. The van der Waals surface area contributed by atoms with Crippen molar-refractivity contribution < 1.29 is 9.53 Å². The summed E-state index contributed by atoms with van der Waals surface area (Å²) < 4.78 is 4.88. The summed E-state index contributed by atoms with van der Waals surface area (Å²) in [4.78, 5) is 11.8. The summed E-state index contributed by atoms with van der Waals surface area (Å²) in [5.41, 5.74) is -0.458. The van der Waals surface area contributed by atoms with Crippen molar-refractivity contribution in [3.05, 3.63) is 0 Å². The normalized spacial score (nSPS) is 23.0. The molecule has 3 nitrogen and oxygen atoms in total. The minimum Gasteiger partial charge on any atom is -0.468 e. The molecule has 0 saturated heterocycles. The molecule has 82 valence electrons. The first-order valence-corrected chi connectivity index (χ1v) is 5.22. The third kappa shape index (κ3) is 1.78. The molecular weight excluding hydrogens is 178 g/mol. The average molecular weight is 199 g/mol. The lowest BCUT2D eigenvalue weighted by Crippen LogP contribution is -2.58. The molecule has 14 heavy (non-hydrogen) atoms. The van der Waals surface area contributed by atoms with Crippen molar-refractivity contribution in [2.45, 2.75) is 52.1 Å². The topological polar surface area (TPSA) is 38.3 Å². The van der Waals surface area contributed by atoms with Gasteiger partial charge in [-0.15, -0.1) is 0 Å². The van der Waals surface area contributed by atoms with E-state index in [0.717, 1.165) is 12.8 Å². The third-order valence-electron chi connectivity index (χ3n) is 3.38. The van der Waals surface area contributed by atoms with Gasteiger partial charge in [-0.1, -0.05) is 6.92 Å². The summed E-state index contributed by atoms with van der Waals surface area (Å²) in [5, 5.41) is 3.33. The van der Waals surface area contributed by atoms with E-state index in [1.54, 1.807) is 0 Å². The Balaban J connectivity index is 2.84. The number of hydrogen-bond acceptors (Lipinski definition) is 3. The Bertz CT molecular complexity index is 233. The highest BCUT2D eigenvalue weighted by Gasteiger charge is 2.58. The van der Waals surface area contributed by atoms with Gasteiger partial charge in [0.2, 0.25) is 0 Å². The van der Waals surface area contributed by atoms with Crippen LogP contribution >= 0.6 is 0 Å². The highest BCUT2D eigenvalue weighted by Crippen LogP contribution is 2.54. The first-order valence-electron chi connectivity index (χ1n) is 5.22. The molecule has 0 aromatic carbocycles. The van der Waals surface area contributed by atoms with Crippen LogP contribution in [0.1, 0.15) is 40.5 Å². The van der Waals surface area contributed by atoms with Gasteiger partial charge in [0.25, 0.3) is 0 Å². The molecule has 1 unspecified atom stereocenters.